The number of rotatable bonds is 6. The van der Waals surface area contributed by atoms with E-state index in [-0.39, 0.29) is 17.0 Å². The van der Waals surface area contributed by atoms with Crippen LogP contribution in [-0.4, -0.2) is 37.2 Å². The first-order valence-electron chi connectivity index (χ1n) is 5.82. The lowest BCUT2D eigenvalue weighted by Gasteiger charge is -2.12. The second-order valence-corrected chi connectivity index (χ2v) is 5.92. The third-order valence-electron chi connectivity index (χ3n) is 2.55. The average Bonchev–Trinajstić information content (AvgIpc) is 2.35. The predicted octanol–water partition coefficient (Wildman–Crippen LogP) is 0.606. The lowest BCUT2D eigenvalue weighted by molar-refractivity contribution is 0.0696. The summed E-state index contributed by atoms with van der Waals surface area (Å²) >= 11 is 0. The summed E-state index contributed by atoms with van der Waals surface area (Å²) in [7, 11) is -3.83. The van der Waals surface area contributed by atoms with Gasteiger partial charge >= 0.3 is 5.97 Å². The highest BCUT2D eigenvalue weighted by atomic mass is 32.2. The molecule has 0 saturated carbocycles. The van der Waals surface area contributed by atoms with E-state index < -0.39 is 22.1 Å². The fourth-order valence-electron chi connectivity index (χ4n) is 1.54. The molecule has 0 aliphatic carbocycles. The Balaban J connectivity index is 3.22. The minimum absolute atomic E-state index is 0.0597. The summed E-state index contributed by atoms with van der Waals surface area (Å²) < 4.78 is 26.4. The summed E-state index contributed by atoms with van der Waals surface area (Å²) in [5, 5.41) is 18.0. The summed E-state index contributed by atoms with van der Waals surface area (Å²) in [6.07, 6.45) is -0.354. The highest BCUT2D eigenvalue weighted by Gasteiger charge is 2.20. The van der Waals surface area contributed by atoms with E-state index in [2.05, 4.69) is 4.72 Å². The molecule has 0 fully saturated rings. The molecule has 106 valence electrons. The van der Waals surface area contributed by atoms with E-state index >= 15 is 0 Å². The van der Waals surface area contributed by atoms with Crippen molar-refractivity contribution < 1.29 is 23.4 Å². The molecule has 0 aliphatic rings. The number of aryl methyl sites for hydroxylation is 1. The number of aliphatic hydroxyl groups excluding tert-OH is 1. The summed E-state index contributed by atoms with van der Waals surface area (Å²) in [5.41, 5.74) is 0.442. The highest BCUT2D eigenvalue weighted by Crippen LogP contribution is 2.18. The minimum Gasteiger partial charge on any atom is -0.478 e. The van der Waals surface area contributed by atoms with Crippen LogP contribution in [0.2, 0.25) is 0 Å². The lowest BCUT2D eigenvalue weighted by atomic mass is 10.1. The van der Waals surface area contributed by atoms with E-state index in [1.165, 1.54) is 19.1 Å². The highest BCUT2D eigenvalue weighted by molar-refractivity contribution is 7.89. The molecule has 0 aliphatic heterocycles. The van der Waals surface area contributed by atoms with Crippen LogP contribution in [0.25, 0.3) is 0 Å². The normalized spacial score (nSPS) is 13.2. The van der Waals surface area contributed by atoms with Crippen molar-refractivity contribution in [3.05, 3.63) is 29.3 Å². The molecule has 1 atom stereocenters. The van der Waals surface area contributed by atoms with Crippen molar-refractivity contribution >= 4 is 16.0 Å². The molecule has 0 saturated heterocycles. The van der Waals surface area contributed by atoms with Crippen LogP contribution in [0.5, 0.6) is 0 Å². The first-order chi connectivity index (χ1) is 8.77. The molecule has 1 aromatic carbocycles. The molecule has 0 radical (unpaired) electrons. The van der Waals surface area contributed by atoms with Gasteiger partial charge in [-0.25, -0.2) is 17.9 Å². The van der Waals surface area contributed by atoms with E-state index in [9.17, 15) is 13.2 Å². The Morgan fingerprint density at radius 1 is 1.42 bits per heavy atom. The van der Waals surface area contributed by atoms with E-state index in [4.69, 9.17) is 10.2 Å². The second-order valence-electron chi connectivity index (χ2n) is 4.18. The Bertz CT molecular complexity index is 565. The first-order valence-corrected chi connectivity index (χ1v) is 7.30. The Kier molecular flexibility index (Phi) is 5.04. The molecule has 7 heteroatoms. The minimum atomic E-state index is -3.83. The number of hydrogen-bond donors (Lipinski definition) is 3. The van der Waals surface area contributed by atoms with Crippen LogP contribution in [0.4, 0.5) is 0 Å². The number of aromatic carboxylic acids is 1. The number of benzene rings is 1. The SMILES string of the molecule is CCc1ccc(C(=O)O)cc1S(=O)(=O)NCC(C)O. The molecule has 0 aromatic heterocycles. The van der Waals surface area contributed by atoms with Crippen LogP contribution in [0.15, 0.2) is 23.1 Å². The number of aliphatic hydroxyl groups is 1. The van der Waals surface area contributed by atoms with E-state index in [1.807, 2.05) is 0 Å². The van der Waals surface area contributed by atoms with Gasteiger partial charge in [0.05, 0.1) is 16.6 Å². The standard InChI is InChI=1S/C12H17NO5S/c1-3-9-4-5-10(12(15)16)6-11(9)19(17,18)13-7-8(2)14/h4-6,8,13-14H,3,7H2,1-2H3,(H,15,16). The summed E-state index contributed by atoms with van der Waals surface area (Å²) in [6.45, 7) is 3.11. The van der Waals surface area contributed by atoms with Crippen molar-refractivity contribution in [3.63, 3.8) is 0 Å². The fourth-order valence-corrected chi connectivity index (χ4v) is 2.99. The van der Waals surface area contributed by atoms with Gasteiger partial charge in [-0.1, -0.05) is 13.0 Å². The van der Waals surface area contributed by atoms with Crippen molar-refractivity contribution in [2.75, 3.05) is 6.54 Å². The van der Waals surface area contributed by atoms with Crippen molar-refractivity contribution in [2.45, 2.75) is 31.3 Å². The molecule has 0 amide bonds. The van der Waals surface area contributed by atoms with Crippen molar-refractivity contribution in [1.82, 2.24) is 4.72 Å². The molecule has 1 unspecified atom stereocenters. The smallest absolute Gasteiger partial charge is 0.335 e. The van der Waals surface area contributed by atoms with Gasteiger partial charge in [-0.15, -0.1) is 0 Å². The second kappa shape index (κ2) is 6.14. The number of carboxylic acids is 1. The number of nitrogens with one attached hydrogen (secondary N) is 1. The zero-order valence-electron chi connectivity index (χ0n) is 10.8. The number of sulfonamides is 1. The van der Waals surface area contributed by atoms with Gasteiger partial charge in [0, 0.05) is 6.54 Å². The van der Waals surface area contributed by atoms with Gasteiger partial charge in [0.2, 0.25) is 10.0 Å². The Hall–Kier alpha value is -1.44. The zero-order valence-corrected chi connectivity index (χ0v) is 11.6. The van der Waals surface area contributed by atoms with Crippen LogP contribution < -0.4 is 4.72 Å². The first kappa shape index (κ1) is 15.6. The van der Waals surface area contributed by atoms with Crippen LogP contribution in [0, 0.1) is 0 Å². The number of carbonyl (C=O) groups is 1. The number of carboxylic acid groups (broad SMARTS) is 1. The summed E-state index contributed by atoms with van der Waals surface area (Å²) in [4.78, 5) is 10.8. The van der Waals surface area contributed by atoms with Gasteiger partial charge in [-0.3, -0.25) is 0 Å². The van der Waals surface area contributed by atoms with Crippen LogP contribution in [0.3, 0.4) is 0 Å². The zero-order chi connectivity index (χ0) is 14.6. The van der Waals surface area contributed by atoms with Gasteiger partial charge in [-0.05, 0) is 31.0 Å². The summed E-state index contributed by atoms with van der Waals surface area (Å²) in [6, 6.07) is 3.99. The van der Waals surface area contributed by atoms with Gasteiger partial charge < -0.3 is 10.2 Å². The van der Waals surface area contributed by atoms with Gasteiger partial charge in [0.25, 0.3) is 0 Å². The molecule has 0 bridgehead atoms. The van der Waals surface area contributed by atoms with Gasteiger partial charge in [0.15, 0.2) is 0 Å². The topological polar surface area (TPSA) is 104 Å². The van der Waals surface area contributed by atoms with E-state index in [1.54, 1.807) is 6.92 Å². The molecular formula is C12H17NO5S. The molecule has 1 aromatic rings. The van der Waals surface area contributed by atoms with Crippen molar-refractivity contribution in [3.8, 4) is 0 Å². The molecule has 1 rings (SSSR count). The molecular weight excluding hydrogens is 270 g/mol. The maximum atomic E-state index is 12.1. The van der Waals surface area contributed by atoms with Crippen molar-refractivity contribution in [1.29, 1.82) is 0 Å². The van der Waals surface area contributed by atoms with E-state index in [0.717, 1.165) is 6.07 Å². The Morgan fingerprint density at radius 3 is 2.53 bits per heavy atom. The van der Waals surface area contributed by atoms with Crippen LogP contribution in [0.1, 0.15) is 29.8 Å². The van der Waals surface area contributed by atoms with Crippen LogP contribution >= 0.6 is 0 Å². The molecule has 0 spiro atoms. The average molecular weight is 287 g/mol. The third kappa shape index (κ3) is 4.02. The maximum Gasteiger partial charge on any atom is 0.335 e. The molecule has 19 heavy (non-hydrogen) atoms. The monoisotopic (exact) mass is 287 g/mol. The Morgan fingerprint density at radius 2 is 2.05 bits per heavy atom. The van der Waals surface area contributed by atoms with Crippen LogP contribution in [-0.2, 0) is 16.4 Å². The van der Waals surface area contributed by atoms with Gasteiger partial charge in [0.1, 0.15) is 0 Å². The van der Waals surface area contributed by atoms with Gasteiger partial charge in [-0.2, -0.15) is 0 Å². The lowest BCUT2D eigenvalue weighted by Crippen LogP contribution is -2.31. The molecule has 0 heterocycles. The predicted molar refractivity (Wildman–Crippen MR) is 69.6 cm³/mol. The largest absolute Gasteiger partial charge is 0.478 e. The number of hydrogen-bond acceptors (Lipinski definition) is 4. The molecule has 3 N–H and O–H groups in total. The third-order valence-corrected chi connectivity index (χ3v) is 4.06. The van der Waals surface area contributed by atoms with Crippen molar-refractivity contribution in [2.24, 2.45) is 0 Å². The quantitative estimate of drug-likeness (QED) is 0.711. The fraction of sp³-hybridized carbons (Fsp3) is 0.417. The van der Waals surface area contributed by atoms with E-state index in [0.29, 0.717) is 12.0 Å². The Labute approximate surface area is 112 Å². The molecule has 6 nitrogen and oxygen atoms in total. The maximum absolute atomic E-state index is 12.1. The summed E-state index contributed by atoms with van der Waals surface area (Å²) in [5.74, 6) is -1.19.